The molecule has 0 saturated heterocycles. The maximum Gasteiger partial charge on any atom is 0.227 e. The lowest BCUT2D eigenvalue weighted by Crippen LogP contribution is -2.23. The monoisotopic (exact) mass is 350 g/mol. The summed E-state index contributed by atoms with van der Waals surface area (Å²) in [5, 5.41) is 2.96. The number of hydrogen-bond donors (Lipinski definition) is 2. The largest absolute Gasteiger partial charge is 0.487 e. The molecule has 1 fully saturated rings. The van der Waals surface area contributed by atoms with Crippen LogP contribution in [0.15, 0.2) is 54.9 Å². The highest BCUT2D eigenvalue weighted by Crippen LogP contribution is 2.26. The lowest BCUT2D eigenvalue weighted by molar-refractivity contribution is -0.119. The van der Waals surface area contributed by atoms with Gasteiger partial charge >= 0.3 is 0 Å². The Morgan fingerprint density at radius 1 is 1.23 bits per heavy atom. The highest BCUT2D eigenvalue weighted by Gasteiger charge is 2.27. The van der Waals surface area contributed by atoms with Crippen molar-refractivity contribution in [3.05, 3.63) is 60.6 Å². The van der Waals surface area contributed by atoms with Crippen molar-refractivity contribution in [2.75, 3.05) is 5.32 Å². The molecule has 1 saturated carbocycles. The van der Waals surface area contributed by atoms with Gasteiger partial charge in [-0.2, -0.15) is 0 Å². The van der Waals surface area contributed by atoms with Gasteiger partial charge in [0.25, 0.3) is 0 Å². The first-order valence-electron chi connectivity index (χ1n) is 8.89. The molecule has 0 spiro atoms. The lowest BCUT2D eigenvalue weighted by Gasteiger charge is -2.11. The summed E-state index contributed by atoms with van der Waals surface area (Å²) in [4.78, 5) is 16.7. The number of nitrogens with zero attached hydrogens (tertiary/aromatic N) is 2. The number of benzene rings is 1. The fraction of sp³-hybridized carbons (Fsp3) is 0.300. The second-order valence-corrected chi connectivity index (χ2v) is 6.77. The third kappa shape index (κ3) is 3.70. The fourth-order valence-electron chi connectivity index (χ4n) is 3.35. The molecule has 0 bridgehead atoms. The quantitative estimate of drug-likeness (QED) is 0.741. The number of imidazole rings is 1. The molecule has 3 aromatic rings. The van der Waals surface area contributed by atoms with Gasteiger partial charge in [0.05, 0.1) is 5.69 Å². The molecule has 0 radical (unpaired) electrons. The van der Waals surface area contributed by atoms with Gasteiger partial charge in [-0.3, -0.25) is 4.79 Å². The van der Waals surface area contributed by atoms with Crippen LogP contribution in [-0.2, 0) is 11.4 Å². The third-order valence-corrected chi connectivity index (χ3v) is 4.77. The molecule has 1 aliphatic rings. The van der Waals surface area contributed by atoms with Gasteiger partial charge in [-0.25, -0.2) is 4.98 Å². The number of nitrogens with one attached hydrogen (secondary N) is 1. The first-order chi connectivity index (χ1) is 12.7. The van der Waals surface area contributed by atoms with Crippen molar-refractivity contribution < 1.29 is 9.53 Å². The number of carbonyl (C=O) groups is 1. The summed E-state index contributed by atoms with van der Waals surface area (Å²) in [6.07, 6.45) is 6.48. The van der Waals surface area contributed by atoms with Gasteiger partial charge in [-0.05, 0) is 55.7 Å². The molecule has 3 N–H and O–H groups in total. The van der Waals surface area contributed by atoms with E-state index in [0.717, 1.165) is 42.0 Å². The highest BCUT2D eigenvalue weighted by atomic mass is 16.5. The van der Waals surface area contributed by atoms with Gasteiger partial charge < -0.3 is 20.2 Å². The first-order valence-corrected chi connectivity index (χ1v) is 8.89. The van der Waals surface area contributed by atoms with Crippen molar-refractivity contribution in [1.82, 2.24) is 9.38 Å². The van der Waals surface area contributed by atoms with Gasteiger partial charge in [-0.15, -0.1) is 0 Å². The van der Waals surface area contributed by atoms with Crippen LogP contribution in [0.2, 0.25) is 0 Å². The van der Waals surface area contributed by atoms with E-state index in [1.165, 1.54) is 0 Å². The molecule has 1 aliphatic carbocycles. The van der Waals surface area contributed by atoms with Crippen LogP contribution in [0.4, 0.5) is 5.69 Å². The van der Waals surface area contributed by atoms with E-state index in [1.54, 1.807) is 0 Å². The summed E-state index contributed by atoms with van der Waals surface area (Å²) in [5.41, 5.74) is 8.42. The predicted molar refractivity (Wildman–Crippen MR) is 99.9 cm³/mol. The van der Waals surface area contributed by atoms with Crippen molar-refractivity contribution in [3.63, 3.8) is 0 Å². The van der Waals surface area contributed by atoms with Crippen molar-refractivity contribution in [2.45, 2.75) is 31.9 Å². The zero-order chi connectivity index (χ0) is 17.9. The van der Waals surface area contributed by atoms with Crippen LogP contribution in [0.1, 0.15) is 25.0 Å². The van der Waals surface area contributed by atoms with Crippen molar-refractivity contribution in [3.8, 4) is 5.75 Å². The van der Waals surface area contributed by atoms with Crippen LogP contribution >= 0.6 is 0 Å². The Morgan fingerprint density at radius 2 is 2.08 bits per heavy atom. The molecule has 2 heterocycles. The first kappa shape index (κ1) is 16.6. The van der Waals surface area contributed by atoms with Crippen LogP contribution in [0.3, 0.4) is 0 Å². The van der Waals surface area contributed by atoms with E-state index in [1.807, 2.05) is 59.3 Å². The number of amides is 1. The smallest absolute Gasteiger partial charge is 0.227 e. The van der Waals surface area contributed by atoms with E-state index in [2.05, 4.69) is 10.3 Å². The summed E-state index contributed by atoms with van der Waals surface area (Å²) >= 11 is 0. The standard InChI is InChI=1S/C20H22N4O2/c21-15-5-4-14(11-15)20(25)23-16-6-8-18(9-7-16)26-13-17-12-24-10-2-1-3-19(24)22-17/h1-3,6-10,12,14-15H,4-5,11,13,21H2,(H,23,25). The maximum absolute atomic E-state index is 12.2. The van der Waals surface area contributed by atoms with Crippen molar-refractivity contribution in [2.24, 2.45) is 11.7 Å². The Labute approximate surface area is 152 Å². The summed E-state index contributed by atoms with van der Waals surface area (Å²) in [7, 11) is 0. The van der Waals surface area contributed by atoms with Crippen LogP contribution in [0.25, 0.3) is 5.65 Å². The van der Waals surface area contributed by atoms with Crippen molar-refractivity contribution in [1.29, 1.82) is 0 Å². The Bertz CT molecular complexity index is 871. The molecular weight excluding hydrogens is 328 g/mol. The van der Waals surface area contributed by atoms with Crippen LogP contribution in [0, 0.1) is 5.92 Å². The molecule has 0 aliphatic heterocycles. The van der Waals surface area contributed by atoms with Crippen molar-refractivity contribution >= 4 is 17.2 Å². The number of anilines is 1. The molecule has 2 unspecified atom stereocenters. The number of hydrogen-bond acceptors (Lipinski definition) is 4. The average Bonchev–Trinajstić information content (AvgIpc) is 3.27. The Hall–Kier alpha value is -2.86. The van der Waals surface area contributed by atoms with Crippen LogP contribution in [0.5, 0.6) is 5.75 Å². The molecule has 6 heteroatoms. The van der Waals surface area contributed by atoms with Gasteiger partial charge in [0, 0.05) is 30.0 Å². The average molecular weight is 350 g/mol. The van der Waals surface area contributed by atoms with E-state index in [4.69, 9.17) is 10.5 Å². The topological polar surface area (TPSA) is 81.7 Å². The molecule has 4 rings (SSSR count). The minimum atomic E-state index is 0.0241. The van der Waals surface area contributed by atoms with E-state index < -0.39 is 0 Å². The van der Waals surface area contributed by atoms with E-state index in [-0.39, 0.29) is 17.9 Å². The molecule has 134 valence electrons. The number of pyridine rings is 1. The number of ether oxygens (including phenoxy) is 1. The second-order valence-electron chi connectivity index (χ2n) is 6.77. The van der Waals surface area contributed by atoms with E-state index in [9.17, 15) is 4.79 Å². The molecule has 6 nitrogen and oxygen atoms in total. The van der Waals surface area contributed by atoms with Gasteiger partial charge in [-0.1, -0.05) is 6.07 Å². The minimum Gasteiger partial charge on any atom is -0.487 e. The number of fused-ring (bicyclic) bond motifs is 1. The second kappa shape index (κ2) is 7.17. The SMILES string of the molecule is NC1CCC(C(=O)Nc2ccc(OCc3cn4ccccc4n3)cc2)C1. The van der Waals surface area contributed by atoms with E-state index in [0.29, 0.717) is 6.61 Å². The molecular formula is C20H22N4O2. The highest BCUT2D eigenvalue weighted by molar-refractivity contribution is 5.92. The fourth-order valence-corrected chi connectivity index (χ4v) is 3.35. The zero-order valence-corrected chi connectivity index (χ0v) is 14.5. The number of carbonyl (C=O) groups excluding carboxylic acids is 1. The third-order valence-electron chi connectivity index (χ3n) is 4.77. The summed E-state index contributed by atoms with van der Waals surface area (Å²) in [5.74, 6) is 0.815. The molecule has 26 heavy (non-hydrogen) atoms. The van der Waals surface area contributed by atoms with Gasteiger partial charge in [0.15, 0.2) is 0 Å². The summed E-state index contributed by atoms with van der Waals surface area (Å²) < 4.78 is 7.75. The minimum absolute atomic E-state index is 0.0241. The maximum atomic E-state index is 12.2. The van der Waals surface area contributed by atoms with Gasteiger partial charge in [0.1, 0.15) is 18.0 Å². The Balaban J connectivity index is 1.33. The Kier molecular flexibility index (Phi) is 4.58. The molecule has 2 atom stereocenters. The Morgan fingerprint density at radius 3 is 2.81 bits per heavy atom. The number of rotatable bonds is 5. The normalized spacial score (nSPS) is 19.6. The lowest BCUT2D eigenvalue weighted by atomic mass is 10.1. The van der Waals surface area contributed by atoms with Gasteiger partial charge in [0.2, 0.25) is 5.91 Å². The van der Waals surface area contributed by atoms with Crippen LogP contribution < -0.4 is 15.8 Å². The number of aromatic nitrogens is 2. The summed E-state index contributed by atoms with van der Waals surface area (Å²) in [6, 6.07) is 13.4. The predicted octanol–water partition coefficient (Wildman–Crippen LogP) is 2.98. The zero-order valence-electron chi connectivity index (χ0n) is 14.5. The van der Waals surface area contributed by atoms with Crippen LogP contribution in [-0.4, -0.2) is 21.3 Å². The molecule has 1 amide bonds. The summed E-state index contributed by atoms with van der Waals surface area (Å²) in [6.45, 7) is 0.396. The molecule has 1 aromatic carbocycles. The number of nitrogens with two attached hydrogens (primary N) is 1. The molecule has 2 aromatic heterocycles. The van der Waals surface area contributed by atoms with E-state index >= 15 is 0 Å².